The fourth-order valence-corrected chi connectivity index (χ4v) is 5.25. The molecule has 20 heavy (non-hydrogen) atoms. The second-order valence-corrected chi connectivity index (χ2v) is 8.00. The molecule has 0 aliphatic carbocycles. The molecule has 0 atom stereocenters. The first-order valence-corrected chi connectivity index (χ1v) is 8.57. The number of thiophene rings is 1. The number of hydrogen-bond acceptors (Lipinski definition) is 5. The molecule has 0 spiro atoms. The third-order valence-corrected chi connectivity index (χ3v) is 6.65. The molecule has 106 valence electrons. The Kier molecular flexibility index (Phi) is 3.45. The highest BCUT2D eigenvalue weighted by atomic mass is 35.5. The van der Waals surface area contributed by atoms with Crippen molar-refractivity contribution in [3.63, 3.8) is 0 Å². The maximum absolute atomic E-state index is 12.5. The van der Waals surface area contributed by atoms with E-state index in [9.17, 15) is 13.2 Å². The van der Waals surface area contributed by atoms with Gasteiger partial charge in [-0.05, 0) is 23.6 Å². The van der Waals surface area contributed by atoms with Gasteiger partial charge in [-0.15, -0.1) is 11.3 Å². The number of amides is 1. The molecule has 1 saturated heterocycles. The van der Waals surface area contributed by atoms with Gasteiger partial charge < -0.3 is 5.32 Å². The van der Waals surface area contributed by atoms with Crippen LogP contribution in [0.15, 0.2) is 28.5 Å². The van der Waals surface area contributed by atoms with Crippen LogP contribution in [0.2, 0.25) is 5.02 Å². The summed E-state index contributed by atoms with van der Waals surface area (Å²) in [5, 5.41) is 4.22. The number of nitrogens with one attached hydrogen (secondary N) is 1. The first-order valence-electron chi connectivity index (χ1n) is 5.94. The monoisotopic (exact) mass is 330 g/mol. The maximum atomic E-state index is 12.5. The number of benzene rings is 1. The number of sulfonamides is 1. The summed E-state index contributed by atoms with van der Waals surface area (Å²) >= 11 is 7.03. The average molecular weight is 331 g/mol. The first kappa shape index (κ1) is 13.8. The average Bonchev–Trinajstić information content (AvgIpc) is 2.82. The van der Waals surface area contributed by atoms with Crippen LogP contribution in [0, 0.1) is 0 Å². The van der Waals surface area contributed by atoms with E-state index in [1.165, 1.54) is 0 Å². The molecule has 1 aromatic carbocycles. The van der Waals surface area contributed by atoms with Crippen LogP contribution in [0.1, 0.15) is 0 Å². The van der Waals surface area contributed by atoms with Crippen LogP contribution >= 0.6 is 22.9 Å². The van der Waals surface area contributed by atoms with Crippen molar-refractivity contribution in [1.82, 2.24) is 9.62 Å². The lowest BCUT2D eigenvalue weighted by atomic mass is 10.3. The Morgan fingerprint density at radius 1 is 1.30 bits per heavy atom. The smallest absolute Gasteiger partial charge is 0.276 e. The number of carbonyl (C=O) groups is 1. The van der Waals surface area contributed by atoms with Gasteiger partial charge in [-0.1, -0.05) is 17.7 Å². The van der Waals surface area contributed by atoms with Gasteiger partial charge in [0.15, 0.2) is 0 Å². The molecule has 3 rings (SSSR count). The van der Waals surface area contributed by atoms with Crippen molar-refractivity contribution >= 4 is 49.0 Å². The second-order valence-electron chi connectivity index (χ2n) is 4.40. The minimum absolute atomic E-state index is 0.0515. The third-order valence-electron chi connectivity index (χ3n) is 3.05. The summed E-state index contributed by atoms with van der Waals surface area (Å²) in [7, 11) is -3.77. The molecular weight excluding hydrogens is 320 g/mol. The molecule has 1 fully saturated rings. The quantitative estimate of drug-likeness (QED) is 0.909. The molecule has 1 aliphatic rings. The molecule has 5 nitrogen and oxygen atoms in total. The number of rotatable bonds is 2. The number of nitrogens with zero attached hydrogens (tertiary/aromatic N) is 1. The Hall–Kier alpha value is -1.15. The van der Waals surface area contributed by atoms with E-state index in [2.05, 4.69) is 5.32 Å². The van der Waals surface area contributed by atoms with Gasteiger partial charge in [0.2, 0.25) is 5.91 Å². The fourth-order valence-electron chi connectivity index (χ4n) is 2.06. The highest BCUT2D eigenvalue weighted by Gasteiger charge is 2.32. The summed E-state index contributed by atoms with van der Waals surface area (Å²) in [4.78, 5) is 11.8. The Bertz CT molecular complexity index is 785. The van der Waals surface area contributed by atoms with Crippen LogP contribution in [-0.2, 0) is 14.8 Å². The van der Waals surface area contributed by atoms with Crippen molar-refractivity contribution in [2.75, 3.05) is 19.6 Å². The zero-order valence-electron chi connectivity index (χ0n) is 10.3. The maximum Gasteiger partial charge on any atom is 0.276 e. The Morgan fingerprint density at radius 3 is 2.85 bits per heavy atom. The van der Waals surface area contributed by atoms with Gasteiger partial charge in [-0.2, -0.15) is 0 Å². The van der Waals surface area contributed by atoms with E-state index >= 15 is 0 Å². The Balaban J connectivity index is 2.06. The minimum Gasteiger partial charge on any atom is -0.307 e. The summed E-state index contributed by atoms with van der Waals surface area (Å²) in [6.45, 7) is 0.688. The lowest BCUT2D eigenvalue weighted by molar-refractivity contribution is -0.126. The predicted octanol–water partition coefficient (Wildman–Crippen LogP) is 1.68. The molecule has 0 radical (unpaired) electrons. The lowest BCUT2D eigenvalue weighted by Gasteiger charge is -2.25. The van der Waals surface area contributed by atoms with Crippen LogP contribution in [-0.4, -0.2) is 38.3 Å². The van der Waals surface area contributed by atoms with E-state index in [-0.39, 0.29) is 17.3 Å². The number of hydrogen-bond donors (Lipinski definition) is 1. The van der Waals surface area contributed by atoms with Gasteiger partial charge in [0.25, 0.3) is 10.0 Å². The minimum atomic E-state index is -3.77. The van der Waals surface area contributed by atoms with Crippen LogP contribution < -0.4 is 5.32 Å². The standard InChI is InChI=1S/C12H11ClN2O3S2/c13-9-2-1-8-5-12(19-10(8)6-9)20(17,18)15-4-3-14-7-11(15)16/h1-2,5-6,14H,3-4,7H2. The van der Waals surface area contributed by atoms with E-state index in [0.29, 0.717) is 11.6 Å². The van der Waals surface area contributed by atoms with Crippen LogP contribution in [0.4, 0.5) is 0 Å². The van der Waals surface area contributed by atoms with Crippen LogP contribution in [0.5, 0.6) is 0 Å². The Morgan fingerprint density at radius 2 is 2.10 bits per heavy atom. The fraction of sp³-hybridized carbons (Fsp3) is 0.250. The molecule has 8 heteroatoms. The molecule has 0 bridgehead atoms. The van der Waals surface area contributed by atoms with Crippen molar-refractivity contribution in [3.05, 3.63) is 29.3 Å². The molecule has 0 unspecified atom stereocenters. The largest absolute Gasteiger partial charge is 0.307 e. The summed E-state index contributed by atoms with van der Waals surface area (Å²) in [6, 6.07) is 6.79. The molecule has 1 aromatic heterocycles. The second kappa shape index (κ2) is 5.00. The highest BCUT2D eigenvalue weighted by molar-refractivity contribution is 7.92. The SMILES string of the molecule is O=C1CNCCN1S(=O)(=O)c1cc2ccc(Cl)cc2s1. The van der Waals surface area contributed by atoms with Crippen molar-refractivity contribution in [1.29, 1.82) is 0 Å². The normalized spacial score (nSPS) is 16.9. The van der Waals surface area contributed by atoms with Gasteiger partial charge in [0.05, 0.1) is 6.54 Å². The van der Waals surface area contributed by atoms with Crippen molar-refractivity contribution in [2.24, 2.45) is 0 Å². The summed E-state index contributed by atoms with van der Waals surface area (Å²) in [5.41, 5.74) is 0. The molecule has 2 aromatic rings. The predicted molar refractivity (Wildman–Crippen MR) is 78.6 cm³/mol. The third kappa shape index (κ3) is 2.31. The molecular formula is C12H11ClN2O3S2. The zero-order valence-corrected chi connectivity index (χ0v) is 12.7. The van der Waals surface area contributed by atoms with E-state index in [1.807, 2.05) is 0 Å². The van der Waals surface area contributed by atoms with Gasteiger partial charge in [0.1, 0.15) is 4.21 Å². The number of halogens is 1. The van der Waals surface area contributed by atoms with Crippen molar-refractivity contribution < 1.29 is 13.2 Å². The summed E-state index contributed by atoms with van der Waals surface area (Å²) < 4.78 is 26.9. The summed E-state index contributed by atoms with van der Waals surface area (Å²) in [6.07, 6.45) is 0. The number of fused-ring (bicyclic) bond motifs is 1. The van der Waals surface area contributed by atoms with Gasteiger partial charge in [-0.25, -0.2) is 12.7 Å². The highest BCUT2D eigenvalue weighted by Crippen LogP contribution is 2.32. The Labute approximate surface area is 125 Å². The van der Waals surface area contributed by atoms with E-state index < -0.39 is 15.9 Å². The molecule has 1 N–H and O–H groups in total. The summed E-state index contributed by atoms with van der Waals surface area (Å²) in [5.74, 6) is -0.424. The topological polar surface area (TPSA) is 66.5 Å². The van der Waals surface area contributed by atoms with Crippen molar-refractivity contribution in [2.45, 2.75) is 4.21 Å². The van der Waals surface area contributed by atoms with E-state index in [1.54, 1.807) is 24.3 Å². The van der Waals surface area contributed by atoms with Gasteiger partial charge >= 0.3 is 0 Å². The zero-order chi connectivity index (χ0) is 14.3. The van der Waals surface area contributed by atoms with Crippen LogP contribution in [0.3, 0.4) is 0 Å². The van der Waals surface area contributed by atoms with E-state index in [4.69, 9.17) is 11.6 Å². The van der Waals surface area contributed by atoms with Gasteiger partial charge in [0, 0.05) is 22.8 Å². The molecule has 1 aliphatic heterocycles. The van der Waals surface area contributed by atoms with Crippen molar-refractivity contribution in [3.8, 4) is 0 Å². The lowest BCUT2D eigenvalue weighted by Crippen LogP contribution is -2.50. The van der Waals surface area contributed by atoms with E-state index in [0.717, 1.165) is 25.7 Å². The number of piperazine rings is 1. The molecule has 0 saturated carbocycles. The molecule has 1 amide bonds. The van der Waals surface area contributed by atoms with Crippen LogP contribution in [0.25, 0.3) is 10.1 Å². The number of carbonyl (C=O) groups excluding carboxylic acids is 1. The molecule has 2 heterocycles. The first-order chi connectivity index (χ1) is 9.48. The van der Waals surface area contributed by atoms with Gasteiger partial charge in [-0.3, -0.25) is 4.79 Å².